The summed E-state index contributed by atoms with van der Waals surface area (Å²) in [7, 11) is 0. The number of unbranched alkanes of at least 4 members (excludes halogenated alkanes) is 5. The number of rotatable bonds is 12. The lowest BCUT2D eigenvalue weighted by Crippen LogP contribution is -2.41. The molecule has 0 aliphatic carbocycles. The van der Waals surface area contributed by atoms with Gasteiger partial charge in [0.1, 0.15) is 24.4 Å². The van der Waals surface area contributed by atoms with Crippen LogP contribution in [0.15, 0.2) is 30.3 Å². The molecule has 0 saturated carbocycles. The molecule has 2 saturated heterocycles. The Morgan fingerprint density at radius 3 is 2.47 bits per heavy atom. The van der Waals surface area contributed by atoms with E-state index in [2.05, 4.69) is 6.92 Å². The van der Waals surface area contributed by atoms with Crippen molar-refractivity contribution in [2.75, 3.05) is 13.2 Å². The lowest BCUT2D eigenvalue weighted by Gasteiger charge is -2.23. The van der Waals surface area contributed by atoms with Crippen LogP contribution in [0.1, 0.15) is 64.9 Å². The number of hydrogen-bond acceptors (Lipinski definition) is 6. The van der Waals surface area contributed by atoms with Gasteiger partial charge < -0.3 is 28.8 Å². The van der Waals surface area contributed by atoms with E-state index in [0.717, 1.165) is 18.4 Å². The molecule has 0 aromatic heterocycles. The minimum absolute atomic E-state index is 0.347. The first-order valence-corrected chi connectivity index (χ1v) is 11.4. The maximum absolute atomic E-state index is 11.0. The monoisotopic (exact) mass is 422 g/mol. The van der Waals surface area contributed by atoms with Gasteiger partial charge >= 0.3 is 0 Å². The summed E-state index contributed by atoms with van der Waals surface area (Å²) in [6.07, 6.45) is 4.24. The number of aliphatic hydroxyl groups is 1. The van der Waals surface area contributed by atoms with Gasteiger partial charge in [-0.05, 0) is 25.8 Å². The maximum atomic E-state index is 11.0. The molecule has 0 unspecified atom stereocenters. The van der Waals surface area contributed by atoms with Crippen molar-refractivity contribution in [2.45, 2.75) is 102 Å². The van der Waals surface area contributed by atoms with Gasteiger partial charge in [0.15, 0.2) is 12.1 Å². The third-order valence-electron chi connectivity index (χ3n) is 5.69. The van der Waals surface area contributed by atoms with Gasteiger partial charge in [-0.3, -0.25) is 0 Å². The minimum atomic E-state index is -0.842. The SMILES string of the molecule is CCCCCCCCO[C@H]1O[C@@H]([C@H]2COC(C)(C)O2)[C@@H](O)[C@@H]1OCc1ccccc1. The van der Waals surface area contributed by atoms with Crippen LogP contribution in [-0.4, -0.2) is 54.8 Å². The highest BCUT2D eigenvalue weighted by Gasteiger charge is 2.52. The number of ether oxygens (including phenoxy) is 5. The van der Waals surface area contributed by atoms with Crippen LogP contribution >= 0.6 is 0 Å². The molecule has 0 spiro atoms. The average Bonchev–Trinajstić information content (AvgIpc) is 3.25. The van der Waals surface area contributed by atoms with Gasteiger partial charge in [-0.2, -0.15) is 0 Å². The molecule has 1 N–H and O–H groups in total. The molecule has 1 aromatic carbocycles. The van der Waals surface area contributed by atoms with E-state index in [1.807, 2.05) is 44.2 Å². The van der Waals surface area contributed by atoms with E-state index >= 15 is 0 Å². The first-order chi connectivity index (χ1) is 14.5. The maximum Gasteiger partial charge on any atom is 0.186 e. The van der Waals surface area contributed by atoms with Crippen molar-refractivity contribution < 1.29 is 28.8 Å². The van der Waals surface area contributed by atoms with Crippen molar-refractivity contribution >= 4 is 0 Å². The standard InChI is InChI=1S/C24H38O6/c1-4-5-6-7-8-12-15-26-23-22(27-16-18-13-10-9-11-14-18)20(25)21(29-23)19-17-28-24(2,3)30-19/h9-11,13-14,19-23,25H,4-8,12,15-17H2,1-3H3/t19-,20-,21+,22+,23+/m1/s1. The number of hydrogen-bond donors (Lipinski definition) is 1. The molecular weight excluding hydrogens is 384 g/mol. The van der Waals surface area contributed by atoms with Gasteiger partial charge in [0.25, 0.3) is 0 Å². The number of aliphatic hydroxyl groups excluding tert-OH is 1. The fraction of sp³-hybridized carbons (Fsp3) is 0.750. The van der Waals surface area contributed by atoms with Gasteiger partial charge in [0.05, 0.1) is 13.2 Å². The van der Waals surface area contributed by atoms with E-state index in [0.29, 0.717) is 19.8 Å². The Bertz CT molecular complexity index is 607. The normalized spacial score (nSPS) is 30.7. The van der Waals surface area contributed by atoms with Gasteiger partial charge in [-0.15, -0.1) is 0 Å². The zero-order valence-corrected chi connectivity index (χ0v) is 18.6. The molecule has 3 rings (SSSR count). The van der Waals surface area contributed by atoms with Crippen LogP contribution in [0.25, 0.3) is 0 Å². The molecule has 6 heteroatoms. The van der Waals surface area contributed by atoms with E-state index in [9.17, 15) is 5.11 Å². The average molecular weight is 423 g/mol. The van der Waals surface area contributed by atoms with E-state index in [1.54, 1.807) is 0 Å². The Labute approximate surface area is 180 Å². The second-order valence-corrected chi connectivity index (χ2v) is 8.73. The first-order valence-electron chi connectivity index (χ1n) is 11.4. The third-order valence-corrected chi connectivity index (χ3v) is 5.69. The molecule has 2 heterocycles. The van der Waals surface area contributed by atoms with E-state index in [1.165, 1.54) is 25.7 Å². The second kappa shape index (κ2) is 11.6. The second-order valence-electron chi connectivity index (χ2n) is 8.73. The summed E-state index contributed by atoms with van der Waals surface area (Å²) in [5, 5.41) is 11.0. The lowest BCUT2D eigenvalue weighted by molar-refractivity contribution is -0.199. The molecule has 2 aliphatic rings. The fourth-order valence-electron chi connectivity index (χ4n) is 4.01. The predicted molar refractivity (Wildman–Crippen MR) is 114 cm³/mol. The molecule has 6 nitrogen and oxygen atoms in total. The Hall–Kier alpha value is -1.02. The molecule has 1 aromatic rings. The third kappa shape index (κ3) is 6.74. The largest absolute Gasteiger partial charge is 0.387 e. The quantitative estimate of drug-likeness (QED) is 0.510. The fourth-order valence-corrected chi connectivity index (χ4v) is 4.01. The highest BCUT2D eigenvalue weighted by molar-refractivity contribution is 5.13. The summed E-state index contributed by atoms with van der Waals surface area (Å²) in [5.41, 5.74) is 1.05. The summed E-state index contributed by atoms with van der Waals surface area (Å²) >= 11 is 0. The van der Waals surface area contributed by atoms with Crippen molar-refractivity contribution in [2.24, 2.45) is 0 Å². The van der Waals surface area contributed by atoms with Crippen molar-refractivity contribution in [1.82, 2.24) is 0 Å². The van der Waals surface area contributed by atoms with Crippen molar-refractivity contribution in [3.63, 3.8) is 0 Å². The molecule has 2 aliphatic heterocycles. The summed E-state index contributed by atoms with van der Waals surface area (Å²) in [6.45, 7) is 7.31. The van der Waals surface area contributed by atoms with E-state index < -0.39 is 30.4 Å². The van der Waals surface area contributed by atoms with Crippen LogP contribution in [0.3, 0.4) is 0 Å². The van der Waals surface area contributed by atoms with Crippen LogP contribution in [0, 0.1) is 0 Å². The highest BCUT2D eigenvalue weighted by Crippen LogP contribution is 2.34. The Morgan fingerprint density at radius 1 is 1.03 bits per heavy atom. The lowest BCUT2D eigenvalue weighted by atomic mass is 10.1. The molecule has 2 fully saturated rings. The molecule has 0 bridgehead atoms. The van der Waals surface area contributed by atoms with Gasteiger partial charge in [-0.25, -0.2) is 0 Å². The van der Waals surface area contributed by atoms with E-state index in [-0.39, 0.29) is 6.10 Å². The molecule has 30 heavy (non-hydrogen) atoms. The number of benzene rings is 1. The van der Waals surface area contributed by atoms with Gasteiger partial charge in [0, 0.05) is 6.61 Å². The summed E-state index contributed by atoms with van der Waals surface area (Å²) < 4.78 is 29.8. The first kappa shape index (κ1) is 23.6. The van der Waals surface area contributed by atoms with Crippen LogP contribution in [0.5, 0.6) is 0 Å². The van der Waals surface area contributed by atoms with Crippen LogP contribution in [0.2, 0.25) is 0 Å². The van der Waals surface area contributed by atoms with Gasteiger partial charge in [0.2, 0.25) is 0 Å². The van der Waals surface area contributed by atoms with E-state index in [4.69, 9.17) is 23.7 Å². The topological polar surface area (TPSA) is 66.4 Å². The molecular formula is C24H38O6. The smallest absolute Gasteiger partial charge is 0.186 e. The minimum Gasteiger partial charge on any atom is -0.387 e. The molecule has 0 amide bonds. The van der Waals surface area contributed by atoms with Crippen molar-refractivity contribution in [1.29, 1.82) is 0 Å². The zero-order valence-electron chi connectivity index (χ0n) is 18.6. The van der Waals surface area contributed by atoms with Crippen LogP contribution < -0.4 is 0 Å². The summed E-state index contributed by atoms with van der Waals surface area (Å²) in [5.74, 6) is -0.675. The summed E-state index contributed by atoms with van der Waals surface area (Å²) in [4.78, 5) is 0. The van der Waals surface area contributed by atoms with Crippen molar-refractivity contribution in [3.05, 3.63) is 35.9 Å². The summed E-state index contributed by atoms with van der Waals surface area (Å²) in [6, 6.07) is 9.92. The van der Waals surface area contributed by atoms with Gasteiger partial charge in [-0.1, -0.05) is 69.4 Å². The van der Waals surface area contributed by atoms with Crippen molar-refractivity contribution in [3.8, 4) is 0 Å². The zero-order chi connectivity index (χ0) is 21.4. The highest BCUT2D eigenvalue weighted by atomic mass is 16.8. The Morgan fingerprint density at radius 2 is 1.77 bits per heavy atom. The van der Waals surface area contributed by atoms with Crippen LogP contribution in [-0.2, 0) is 30.3 Å². The molecule has 170 valence electrons. The van der Waals surface area contributed by atoms with Crippen LogP contribution in [0.4, 0.5) is 0 Å². The Balaban J connectivity index is 1.54. The predicted octanol–water partition coefficient (Wildman–Crippen LogP) is 4.19. The molecule has 5 atom stereocenters. The Kier molecular flexibility index (Phi) is 9.11. The molecule has 0 radical (unpaired) electrons.